The summed E-state index contributed by atoms with van der Waals surface area (Å²) in [7, 11) is 1.64. The Morgan fingerprint density at radius 3 is 2.74 bits per heavy atom. The lowest BCUT2D eigenvalue weighted by atomic mass is 9.97. The Morgan fingerprint density at radius 1 is 1.20 bits per heavy atom. The molecule has 10 heteroatoms. The molecule has 0 spiro atoms. The summed E-state index contributed by atoms with van der Waals surface area (Å²) in [5, 5.41) is 4.82. The molecule has 0 fully saturated rings. The fourth-order valence-corrected chi connectivity index (χ4v) is 7.68. The summed E-state index contributed by atoms with van der Waals surface area (Å²) in [5.74, 6) is 0.450. The number of hydrazone groups is 1. The first kappa shape index (κ1) is 24.4. The number of halogens is 2. The van der Waals surface area contributed by atoms with Crippen LogP contribution in [-0.2, 0) is 12.8 Å². The van der Waals surface area contributed by atoms with Crippen LogP contribution in [0.3, 0.4) is 0 Å². The Kier molecular flexibility index (Phi) is 7.21. The van der Waals surface area contributed by atoms with E-state index in [2.05, 4.69) is 60.7 Å². The average molecular weight is 710 g/mol. The Hall–Kier alpha value is -2.32. The molecule has 0 bridgehead atoms. The second kappa shape index (κ2) is 10.3. The minimum Gasteiger partial charge on any atom is -0.495 e. The molecule has 0 unspecified atom stereocenters. The largest absolute Gasteiger partial charge is 0.495 e. The van der Waals surface area contributed by atoms with Crippen molar-refractivity contribution < 1.29 is 9.53 Å². The highest BCUT2D eigenvalue weighted by Crippen LogP contribution is 2.33. The van der Waals surface area contributed by atoms with Gasteiger partial charge < -0.3 is 4.74 Å². The minimum absolute atomic E-state index is 0.0892. The van der Waals surface area contributed by atoms with Crippen LogP contribution in [0.2, 0.25) is 0 Å². The van der Waals surface area contributed by atoms with Crippen LogP contribution in [0.5, 0.6) is 5.75 Å². The van der Waals surface area contributed by atoms with Gasteiger partial charge in [-0.3, -0.25) is 14.2 Å². The summed E-state index contributed by atoms with van der Waals surface area (Å²) in [6.45, 7) is 0. The van der Waals surface area contributed by atoms with Crippen molar-refractivity contribution in [3.05, 3.63) is 81.8 Å². The Morgan fingerprint density at radius 2 is 1.97 bits per heavy atom. The van der Waals surface area contributed by atoms with Gasteiger partial charge in [0, 0.05) is 10.4 Å². The van der Waals surface area contributed by atoms with Crippen LogP contribution in [0.4, 0.5) is 0 Å². The average Bonchev–Trinajstić information content (AvgIpc) is 3.23. The number of methoxy groups -OCH3 is 1. The van der Waals surface area contributed by atoms with E-state index in [0.29, 0.717) is 11.3 Å². The molecule has 0 saturated carbocycles. The number of hydrogen-bond donors (Lipinski definition) is 1. The molecule has 2 aromatic carbocycles. The zero-order chi connectivity index (χ0) is 24.5. The van der Waals surface area contributed by atoms with Gasteiger partial charge >= 0.3 is 0 Å². The Balaban J connectivity index is 1.39. The van der Waals surface area contributed by atoms with Crippen molar-refractivity contribution in [3.8, 4) is 11.4 Å². The molecule has 35 heavy (non-hydrogen) atoms. The smallest absolute Gasteiger partial charge is 0.271 e. The molecule has 1 aliphatic carbocycles. The van der Waals surface area contributed by atoms with Crippen LogP contribution in [0.1, 0.15) is 39.2 Å². The van der Waals surface area contributed by atoms with Crippen LogP contribution < -0.4 is 15.7 Å². The van der Waals surface area contributed by atoms with Crippen LogP contribution in [0.15, 0.2) is 52.6 Å². The SMILES string of the molecule is COc1c(I)cc(/C=N/NC(=O)c2cccc(-n3cnc4sc5c(c4c3=O)CCCC5)c2)cc1I. The lowest BCUT2D eigenvalue weighted by molar-refractivity contribution is 0.0955. The number of aryl methyl sites for hydroxylation is 2. The molecule has 0 atom stereocenters. The maximum Gasteiger partial charge on any atom is 0.271 e. The topological polar surface area (TPSA) is 85.6 Å². The van der Waals surface area contributed by atoms with E-state index < -0.39 is 0 Å². The van der Waals surface area contributed by atoms with Gasteiger partial charge in [-0.05, 0) is 112 Å². The predicted octanol–water partition coefficient (Wildman–Crippen LogP) is 5.31. The first-order valence-corrected chi connectivity index (χ1v) is 13.9. The van der Waals surface area contributed by atoms with E-state index >= 15 is 0 Å². The Labute approximate surface area is 232 Å². The molecule has 1 amide bonds. The van der Waals surface area contributed by atoms with Gasteiger partial charge in [0.1, 0.15) is 16.9 Å². The van der Waals surface area contributed by atoms with Crippen LogP contribution in [0.25, 0.3) is 15.9 Å². The Bertz CT molecular complexity index is 1520. The number of thiophene rings is 1. The summed E-state index contributed by atoms with van der Waals surface area (Å²) in [6, 6.07) is 10.8. The van der Waals surface area contributed by atoms with Crippen molar-refractivity contribution in [2.75, 3.05) is 7.11 Å². The molecule has 2 heterocycles. The summed E-state index contributed by atoms with van der Waals surface area (Å²) < 4.78 is 8.81. The lowest BCUT2D eigenvalue weighted by Gasteiger charge is -2.11. The number of nitrogens with one attached hydrogen (secondary N) is 1. The van der Waals surface area contributed by atoms with Crippen molar-refractivity contribution in [2.45, 2.75) is 25.7 Å². The molecule has 1 N–H and O–H groups in total. The number of amides is 1. The van der Waals surface area contributed by atoms with Crippen molar-refractivity contribution in [1.82, 2.24) is 15.0 Å². The number of benzene rings is 2. The third-order valence-electron chi connectivity index (χ3n) is 5.87. The second-order valence-corrected chi connectivity index (χ2v) is 11.5. The third kappa shape index (κ3) is 4.87. The van der Waals surface area contributed by atoms with Gasteiger partial charge in [-0.1, -0.05) is 6.07 Å². The zero-order valence-corrected chi connectivity index (χ0v) is 23.8. The molecule has 178 valence electrons. The molecule has 1 aliphatic rings. The fraction of sp³-hybridized carbons (Fsp3) is 0.200. The molecular formula is C25H20I2N4O3S. The van der Waals surface area contributed by atoms with Gasteiger partial charge in [-0.25, -0.2) is 10.4 Å². The molecule has 4 aromatic rings. The van der Waals surface area contributed by atoms with Crippen molar-refractivity contribution in [2.24, 2.45) is 5.10 Å². The van der Waals surface area contributed by atoms with E-state index in [0.717, 1.165) is 59.9 Å². The van der Waals surface area contributed by atoms with Gasteiger partial charge in [0.2, 0.25) is 0 Å². The lowest BCUT2D eigenvalue weighted by Crippen LogP contribution is -2.21. The van der Waals surface area contributed by atoms with Gasteiger partial charge in [0.25, 0.3) is 11.5 Å². The highest BCUT2D eigenvalue weighted by Gasteiger charge is 2.20. The second-order valence-electron chi connectivity index (χ2n) is 8.08. The van der Waals surface area contributed by atoms with Crippen LogP contribution in [-0.4, -0.2) is 28.8 Å². The number of carbonyl (C=O) groups is 1. The van der Waals surface area contributed by atoms with Crippen LogP contribution >= 0.6 is 56.5 Å². The number of aromatic nitrogens is 2. The number of hydrogen-bond acceptors (Lipinski definition) is 6. The van der Waals surface area contributed by atoms with Crippen molar-refractivity contribution in [3.63, 3.8) is 0 Å². The predicted molar refractivity (Wildman–Crippen MR) is 155 cm³/mol. The molecule has 0 aliphatic heterocycles. The summed E-state index contributed by atoms with van der Waals surface area (Å²) in [4.78, 5) is 32.7. The first-order valence-electron chi connectivity index (χ1n) is 10.9. The van der Waals surface area contributed by atoms with E-state index in [1.54, 1.807) is 55.3 Å². The summed E-state index contributed by atoms with van der Waals surface area (Å²) in [5.41, 5.74) is 5.47. The number of rotatable bonds is 5. The normalized spacial score (nSPS) is 13.2. The van der Waals surface area contributed by atoms with E-state index in [-0.39, 0.29) is 11.5 Å². The quantitative estimate of drug-likeness (QED) is 0.173. The summed E-state index contributed by atoms with van der Waals surface area (Å²) in [6.07, 6.45) is 7.33. The highest BCUT2D eigenvalue weighted by molar-refractivity contribution is 14.1. The molecule has 0 radical (unpaired) electrons. The maximum absolute atomic E-state index is 13.4. The number of carbonyl (C=O) groups excluding carboxylic acids is 1. The van der Waals surface area contributed by atoms with Gasteiger partial charge in [0.15, 0.2) is 0 Å². The first-order chi connectivity index (χ1) is 17.0. The number of fused-ring (bicyclic) bond motifs is 3. The summed E-state index contributed by atoms with van der Waals surface area (Å²) >= 11 is 6.03. The van der Waals surface area contributed by atoms with E-state index in [9.17, 15) is 9.59 Å². The third-order valence-corrected chi connectivity index (χ3v) is 8.67. The molecule has 7 nitrogen and oxygen atoms in total. The zero-order valence-electron chi connectivity index (χ0n) is 18.7. The minimum atomic E-state index is -0.365. The van der Waals surface area contributed by atoms with Gasteiger partial charge in [-0.2, -0.15) is 5.10 Å². The highest BCUT2D eigenvalue weighted by atomic mass is 127. The van der Waals surface area contributed by atoms with Crippen molar-refractivity contribution in [1.29, 1.82) is 0 Å². The monoisotopic (exact) mass is 710 g/mol. The van der Waals surface area contributed by atoms with E-state index in [1.807, 2.05) is 12.1 Å². The molecule has 5 rings (SSSR count). The van der Waals surface area contributed by atoms with Crippen LogP contribution in [0, 0.1) is 7.14 Å². The van der Waals surface area contributed by atoms with Crippen molar-refractivity contribution >= 4 is 78.9 Å². The molecular weight excluding hydrogens is 690 g/mol. The molecule has 2 aromatic heterocycles. The maximum atomic E-state index is 13.4. The molecule has 0 saturated heterocycles. The standard InChI is InChI=1S/C25H20I2N4O3S/c1-34-22-18(26)9-14(10-19(22)27)12-29-30-23(32)15-5-4-6-16(11-15)31-13-28-24-21(25(31)33)17-7-2-3-8-20(17)35-24/h4-6,9-13H,2-3,7-8H2,1H3,(H,30,32)/b29-12+. The number of ether oxygens (including phenoxy) is 1. The van der Waals surface area contributed by atoms with E-state index in [4.69, 9.17) is 4.74 Å². The fourth-order valence-electron chi connectivity index (χ4n) is 4.21. The van der Waals surface area contributed by atoms with Gasteiger partial charge in [-0.15, -0.1) is 11.3 Å². The number of nitrogens with zero attached hydrogens (tertiary/aromatic N) is 3. The van der Waals surface area contributed by atoms with E-state index in [1.165, 1.54) is 9.44 Å². The van der Waals surface area contributed by atoms with Gasteiger partial charge in [0.05, 0.1) is 31.5 Å².